The van der Waals surface area contributed by atoms with Crippen molar-refractivity contribution in [1.82, 2.24) is 5.32 Å². The molecule has 1 aliphatic rings. The molecular weight excluding hydrogens is 242 g/mol. The zero-order valence-corrected chi connectivity index (χ0v) is 12.4. The Morgan fingerprint density at radius 2 is 1.75 bits per heavy atom. The van der Waals surface area contributed by atoms with Gasteiger partial charge in [-0.3, -0.25) is 0 Å². The van der Waals surface area contributed by atoms with E-state index in [-0.39, 0.29) is 5.54 Å². The van der Waals surface area contributed by atoms with Crippen molar-refractivity contribution in [3.8, 4) is 0 Å². The van der Waals surface area contributed by atoms with E-state index in [0.29, 0.717) is 6.04 Å². The minimum Gasteiger partial charge on any atom is -0.301 e. The summed E-state index contributed by atoms with van der Waals surface area (Å²) in [5, 5.41) is 3.89. The molecule has 0 aliphatic heterocycles. The van der Waals surface area contributed by atoms with Gasteiger partial charge in [0.25, 0.3) is 0 Å². The average molecular weight is 265 g/mol. The first-order valence-electron chi connectivity index (χ1n) is 7.59. The van der Waals surface area contributed by atoms with Gasteiger partial charge in [-0.1, -0.05) is 60.2 Å². The van der Waals surface area contributed by atoms with Crippen LogP contribution in [0.25, 0.3) is 0 Å². The van der Waals surface area contributed by atoms with E-state index in [1.807, 2.05) is 0 Å². The van der Waals surface area contributed by atoms with Crippen LogP contribution in [0.15, 0.2) is 54.6 Å². The summed E-state index contributed by atoms with van der Waals surface area (Å²) in [6.45, 7) is 4.43. The molecule has 0 saturated heterocycles. The van der Waals surface area contributed by atoms with Gasteiger partial charge in [0, 0.05) is 11.6 Å². The van der Waals surface area contributed by atoms with Crippen molar-refractivity contribution >= 4 is 0 Å². The highest BCUT2D eigenvalue weighted by molar-refractivity contribution is 5.30. The van der Waals surface area contributed by atoms with Gasteiger partial charge in [0.2, 0.25) is 0 Å². The Morgan fingerprint density at radius 1 is 1.00 bits per heavy atom. The normalized spacial score (nSPS) is 18.3. The van der Waals surface area contributed by atoms with E-state index in [1.54, 1.807) is 0 Å². The Bertz CT molecular complexity index is 569. The molecule has 1 N–H and O–H groups in total. The largest absolute Gasteiger partial charge is 0.301 e. The van der Waals surface area contributed by atoms with E-state index >= 15 is 0 Å². The van der Waals surface area contributed by atoms with Crippen LogP contribution in [0.4, 0.5) is 0 Å². The van der Waals surface area contributed by atoms with Crippen LogP contribution in [-0.2, 0) is 5.54 Å². The number of hydrogen-bond donors (Lipinski definition) is 1. The van der Waals surface area contributed by atoms with Crippen LogP contribution in [0.3, 0.4) is 0 Å². The summed E-state index contributed by atoms with van der Waals surface area (Å²) in [4.78, 5) is 0. The van der Waals surface area contributed by atoms with Gasteiger partial charge in [0.05, 0.1) is 0 Å². The number of rotatable bonds is 4. The summed E-state index contributed by atoms with van der Waals surface area (Å²) in [5.41, 5.74) is 4.33. The Balaban J connectivity index is 1.82. The van der Waals surface area contributed by atoms with Gasteiger partial charge in [-0.25, -0.2) is 0 Å². The average Bonchev–Trinajstić information content (AvgIpc) is 2.43. The Labute approximate surface area is 122 Å². The highest BCUT2D eigenvalue weighted by atomic mass is 15.0. The van der Waals surface area contributed by atoms with E-state index < -0.39 is 0 Å². The van der Waals surface area contributed by atoms with Crippen LogP contribution in [-0.4, -0.2) is 0 Å². The number of nitrogens with one attached hydrogen (secondary N) is 1. The third kappa shape index (κ3) is 2.51. The van der Waals surface area contributed by atoms with Crippen molar-refractivity contribution in [2.45, 2.75) is 44.7 Å². The fourth-order valence-corrected chi connectivity index (χ4v) is 3.24. The van der Waals surface area contributed by atoms with Gasteiger partial charge in [0.1, 0.15) is 0 Å². The van der Waals surface area contributed by atoms with Gasteiger partial charge >= 0.3 is 0 Å². The first-order chi connectivity index (χ1) is 9.70. The van der Waals surface area contributed by atoms with Crippen LogP contribution < -0.4 is 5.32 Å². The lowest BCUT2D eigenvalue weighted by molar-refractivity contribution is 0.167. The second kappa shape index (κ2) is 5.41. The number of hydrogen-bond acceptors (Lipinski definition) is 1. The van der Waals surface area contributed by atoms with Crippen molar-refractivity contribution in [3.63, 3.8) is 0 Å². The molecule has 20 heavy (non-hydrogen) atoms. The van der Waals surface area contributed by atoms with Gasteiger partial charge in [-0.15, -0.1) is 0 Å². The van der Waals surface area contributed by atoms with Crippen LogP contribution >= 0.6 is 0 Å². The second-order valence-electron chi connectivity index (χ2n) is 6.08. The Hall–Kier alpha value is -1.60. The predicted octanol–water partition coefficient (Wildman–Crippen LogP) is 4.73. The molecule has 3 rings (SSSR count). The van der Waals surface area contributed by atoms with Crippen molar-refractivity contribution < 1.29 is 0 Å². The maximum Gasteiger partial charge on any atom is 0.0439 e. The first-order valence-corrected chi connectivity index (χ1v) is 7.59. The van der Waals surface area contributed by atoms with Gasteiger partial charge in [-0.05, 0) is 44.2 Å². The Kier molecular flexibility index (Phi) is 3.62. The SMILES string of the molecule is Cc1cccc(C(C)NC2(c3ccccc3)CCC2)c1. The van der Waals surface area contributed by atoms with Crippen LogP contribution in [0.2, 0.25) is 0 Å². The van der Waals surface area contributed by atoms with Crippen LogP contribution in [0.1, 0.15) is 48.9 Å². The molecule has 0 heterocycles. The lowest BCUT2D eigenvalue weighted by atomic mass is 9.71. The summed E-state index contributed by atoms with van der Waals surface area (Å²) in [6, 6.07) is 20.1. The third-order valence-corrected chi connectivity index (χ3v) is 4.57. The third-order valence-electron chi connectivity index (χ3n) is 4.57. The Morgan fingerprint density at radius 3 is 2.35 bits per heavy atom. The van der Waals surface area contributed by atoms with Crippen molar-refractivity contribution in [1.29, 1.82) is 0 Å². The van der Waals surface area contributed by atoms with Crippen molar-refractivity contribution in [2.75, 3.05) is 0 Å². The summed E-state index contributed by atoms with van der Waals surface area (Å²) in [5.74, 6) is 0. The van der Waals surface area contributed by atoms with Crippen LogP contribution in [0, 0.1) is 6.92 Å². The minimum absolute atomic E-state index is 0.185. The highest BCUT2D eigenvalue weighted by Crippen LogP contribution is 2.42. The molecule has 1 heteroatoms. The molecule has 1 unspecified atom stereocenters. The quantitative estimate of drug-likeness (QED) is 0.843. The molecule has 1 fully saturated rings. The zero-order valence-electron chi connectivity index (χ0n) is 12.4. The van der Waals surface area contributed by atoms with Gasteiger partial charge in [-0.2, -0.15) is 0 Å². The number of aryl methyl sites for hydroxylation is 1. The molecule has 0 aromatic heterocycles. The lowest BCUT2D eigenvalue weighted by Gasteiger charge is -2.45. The van der Waals surface area contributed by atoms with E-state index in [1.165, 1.54) is 36.0 Å². The molecule has 104 valence electrons. The van der Waals surface area contributed by atoms with E-state index in [9.17, 15) is 0 Å². The van der Waals surface area contributed by atoms with Crippen molar-refractivity contribution in [3.05, 3.63) is 71.3 Å². The minimum atomic E-state index is 0.185. The molecule has 1 nitrogen and oxygen atoms in total. The predicted molar refractivity (Wildman–Crippen MR) is 84.7 cm³/mol. The van der Waals surface area contributed by atoms with Crippen LogP contribution in [0.5, 0.6) is 0 Å². The molecule has 1 saturated carbocycles. The fraction of sp³-hybridized carbons (Fsp3) is 0.368. The molecule has 0 radical (unpaired) electrons. The molecule has 0 spiro atoms. The standard InChI is InChI=1S/C19H23N/c1-15-8-6-9-17(14-15)16(2)20-19(12-7-13-19)18-10-4-3-5-11-18/h3-6,8-11,14,16,20H,7,12-13H2,1-2H3. The van der Waals surface area contributed by atoms with E-state index in [2.05, 4.69) is 73.8 Å². The first kappa shape index (κ1) is 13.4. The van der Waals surface area contributed by atoms with E-state index in [4.69, 9.17) is 0 Å². The summed E-state index contributed by atoms with van der Waals surface area (Å²) < 4.78 is 0. The molecule has 0 bridgehead atoms. The topological polar surface area (TPSA) is 12.0 Å². The van der Waals surface area contributed by atoms with Crippen molar-refractivity contribution in [2.24, 2.45) is 0 Å². The molecule has 1 aliphatic carbocycles. The fourth-order valence-electron chi connectivity index (χ4n) is 3.24. The second-order valence-corrected chi connectivity index (χ2v) is 6.08. The summed E-state index contributed by atoms with van der Waals surface area (Å²) >= 11 is 0. The zero-order chi connectivity index (χ0) is 14.0. The monoisotopic (exact) mass is 265 g/mol. The van der Waals surface area contributed by atoms with Gasteiger partial charge in [0.15, 0.2) is 0 Å². The molecule has 1 atom stereocenters. The summed E-state index contributed by atoms with van der Waals surface area (Å²) in [6.07, 6.45) is 3.81. The summed E-state index contributed by atoms with van der Waals surface area (Å²) in [7, 11) is 0. The molecule has 2 aromatic carbocycles. The maximum absolute atomic E-state index is 3.89. The molecule has 2 aromatic rings. The molecular formula is C19H23N. The smallest absolute Gasteiger partial charge is 0.0439 e. The number of benzene rings is 2. The van der Waals surface area contributed by atoms with E-state index in [0.717, 1.165) is 0 Å². The highest BCUT2D eigenvalue weighted by Gasteiger charge is 2.39. The maximum atomic E-state index is 3.89. The van der Waals surface area contributed by atoms with Gasteiger partial charge < -0.3 is 5.32 Å². The molecule has 0 amide bonds. The lowest BCUT2D eigenvalue weighted by Crippen LogP contribution is -2.48.